The summed E-state index contributed by atoms with van der Waals surface area (Å²) in [4.78, 5) is 0.261. The molecule has 7 aromatic carbocycles. The largest absolute Gasteiger partial charge is 0.497 e. The Hall–Kier alpha value is -6.72. The lowest BCUT2D eigenvalue weighted by Gasteiger charge is -2.13. The Balaban J connectivity index is 1.37. The van der Waals surface area contributed by atoms with Crippen LogP contribution in [0.2, 0.25) is 0 Å². The molecule has 290 valence electrons. The molecule has 0 atom stereocenters. The topological polar surface area (TPSA) is 111 Å². The van der Waals surface area contributed by atoms with Crippen LogP contribution in [-0.4, -0.2) is 31.1 Å². The van der Waals surface area contributed by atoms with Crippen LogP contribution in [0, 0.1) is 51.4 Å². The maximum absolute atomic E-state index is 13.6. The van der Waals surface area contributed by atoms with E-state index in [2.05, 4.69) is 33.1 Å². The van der Waals surface area contributed by atoms with E-state index in [1.807, 2.05) is 88.4 Å². The van der Waals surface area contributed by atoms with Crippen LogP contribution < -0.4 is 18.9 Å². The van der Waals surface area contributed by atoms with Gasteiger partial charge in [-0.05, 0) is 145 Å². The number of hydrogen-bond donors (Lipinski definition) is 2. The van der Waals surface area contributed by atoms with E-state index in [4.69, 9.17) is 9.47 Å². The lowest BCUT2D eigenvalue weighted by atomic mass is 9.98. The summed E-state index contributed by atoms with van der Waals surface area (Å²) in [5.74, 6) is 14.5. The third-order valence-corrected chi connectivity index (χ3v) is 12.6. The van der Waals surface area contributed by atoms with Crippen LogP contribution in [0.4, 0.5) is 11.4 Å². The van der Waals surface area contributed by atoms with E-state index in [1.165, 1.54) is 0 Å². The summed E-state index contributed by atoms with van der Waals surface area (Å²) in [6.07, 6.45) is 0. The highest BCUT2D eigenvalue weighted by molar-refractivity contribution is 7.93. The fourth-order valence-electron chi connectivity index (χ4n) is 6.43. The Morgan fingerprint density at radius 2 is 0.828 bits per heavy atom. The average molecular weight is 805 g/mol. The first-order valence-corrected chi connectivity index (χ1v) is 21.3. The lowest BCUT2D eigenvalue weighted by molar-refractivity contribution is 0.415. The Morgan fingerprint density at radius 1 is 0.448 bits per heavy atom. The molecule has 0 unspecified atom stereocenters. The molecule has 8 nitrogen and oxygen atoms in total. The molecule has 0 spiro atoms. The molecular weight excluding hydrogens is 765 g/mol. The third kappa shape index (κ3) is 8.35. The van der Waals surface area contributed by atoms with Gasteiger partial charge in [-0.1, -0.05) is 71.2 Å². The van der Waals surface area contributed by atoms with Crippen LogP contribution in [0.15, 0.2) is 131 Å². The number of rotatable bonds is 8. The predicted molar refractivity (Wildman–Crippen MR) is 233 cm³/mol. The Morgan fingerprint density at radius 3 is 1.19 bits per heavy atom. The summed E-state index contributed by atoms with van der Waals surface area (Å²) in [6.45, 7) is 7.76. The number of sulfonamides is 2. The number of methoxy groups -OCH3 is 2. The number of hydrogen-bond acceptors (Lipinski definition) is 6. The molecule has 0 aliphatic rings. The van der Waals surface area contributed by atoms with Crippen molar-refractivity contribution in [3.63, 3.8) is 0 Å². The quantitative estimate of drug-likeness (QED) is 0.148. The van der Waals surface area contributed by atoms with Crippen molar-refractivity contribution in [1.29, 1.82) is 0 Å². The number of benzene rings is 7. The number of fused-ring (bicyclic) bond motifs is 2. The highest BCUT2D eigenvalue weighted by Gasteiger charge is 2.19. The highest BCUT2D eigenvalue weighted by Crippen LogP contribution is 2.32. The number of ether oxygens (including phenoxy) is 2. The maximum atomic E-state index is 13.6. The normalized spacial score (nSPS) is 11.3. The maximum Gasteiger partial charge on any atom is 0.261 e. The van der Waals surface area contributed by atoms with Gasteiger partial charge in [-0.3, -0.25) is 9.44 Å². The molecule has 0 saturated carbocycles. The zero-order chi connectivity index (χ0) is 41.2. The van der Waals surface area contributed by atoms with Crippen LogP contribution in [0.3, 0.4) is 0 Å². The monoisotopic (exact) mass is 804 g/mol. The average Bonchev–Trinajstić information content (AvgIpc) is 3.21. The zero-order valence-electron chi connectivity index (χ0n) is 32.8. The van der Waals surface area contributed by atoms with Gasteiger partial charge in [0.15, 0.2) is 0 Å². The molecule has 0 amide bonds. The van der Waals surface area contributed by atoms with Crippen molar-refractivity contribution in [2.24, 2.45) is 0 Å². The van der Waals surface area contributed by atoms with E-state index in [0.29, 0.717) is 45.1 Å². The molecule has 7 rings (SSSR count). The van der Waals surface area contributed by atoms with Crippen LogP contribution in [0.25, 0.3) is 21.5 Å². The van der Waals surface area contributed by atoms with Crippen LogP contribution in [0.5, 0.6) is 11.5 Å². The molecule has 0 bridgehead atoms. The molecule has 0 aliphatic heterocycles. The SMILES string of the molecule is COc1ccc2c(C#Cc3cc(C)c(C)cc3C#Cc3c(NS(=O)(=O)c4ccc(C)cc4)ccc4cc(OC)ccc34)c(NS(=O)(=O)c3ccc(C)cc3)ccc2c1. The molecule has 10 heteroatoms. The van der Waals surface area contributed by atoms with Crippen LogP contribution in [-0.2, 0) is 20.0 Å². The molecule has 0 saturated heterocycles. The predicted octanol–water partition coefficient (Wildman–Crippen LogP) is 9.65. The Kier molecular flexibility index (Phi) is 10.9. The molecule has 58 heavy (non-hydrogen) atoms. The summed E-state index contributed by atoms with van der Waals surface area (Å²) >= 11 is 0. The van der Waals surface area contributed by atoms with Gasteiger partial charge < -0.3 is 9.47 Å². The van der Waals surface area contributed by atoms with E-state index in [1.54, 1.807) is 74.9 Å². The second kappa shape index (κ2) is 16.0. The Bertz CT molecular complexity index is 2890. The van der Waals surface area contributed by atoms with E-state index in [-0.39, 0.29) is 9.79 Å². The van der Waals surface area contributed by atoms with Crippen molar-refractivity contribution in [2.75, 3.05) is 23.7 Å². The van der Waals surface area contributed by atoms with Crippen LogP contribution >= 0.6 is 0 Å². The summed E-state index contributed by atoms with van der Waals surface area (Å²) in [6, 6.07) is 35.3. The molecule has 2 N–H and O–H groups in total. The third-order valence-electron chi connectivity index (χ3n) is 9.88. The van der Waals surface area contributed by atoms with Gasteiger partial charge in [-0.2, -0.15) is 0 Å². The summed E-state index contributed by atoms with van der Waals surface area (Å²) < 4.78 is 71.0. The van der Waals surface area contributed by atoms with Crippen molar-refractivity contribution in [3.8, 4) is 35.2 Å². The standard InChI is InChI=1S/C48H40N2O6S2/c1-31-7-17-41(18-8-31)57(51,52)49-47-25-13-37-29-39(55-5)15-23-43(37)45(47)21-11-35-27-33(3)34(4)28-36(35)12-22-46-44-24-16-40(56-6)30-38(44)14-26-48(46)50-58(53,54)42-19-9-32(2)10-20-42/h7-10,13-20,23-30,49-50H,1-6H3. The molecular formula is C48H40N2O6S2. The van der Waals surface area contributed by atoms with E-state index in [9.17, 15) is 16.8 Å². The van der Waals surface area contributed by atoms with Gasteiger partial charge in [0.05, 0.1) is 46.5 Å². The van der Waals surface area contributed by atoms with E-state index < -0.39 is 20.0 Å². The molecule has 0 fully saturated rings. The van der Waals surface area contributed by atoms with Crippen molar-refractivity contribution in [1.82, 2.24) is 0 Å². The fourth-order valence-corrected chi connectivity index (χ4v) is 8.58. The first-order chi connectivity index (χ1) is 27.7. The number of nitrogens with one attached hydrogen (secondary N) is 2. The van der Waals surface area contributed by atoms with Gasteiger partial charge >= 0.3 is 0 Å². The van der Waals surface area contributed by atoms with Crippen molar-refractivity contribution >= 4 is 53.0 Å². The molecule has 0 radical (unpaired) electrons. The second-order valence-electron chi connectivity index (χ2n) is 14.0. The first kappa shape index (κ1) is 39.5. The number of anilines is 2. The van der Waals surface area contributed by atoms with Crippen molar-refractivity contribution in [2.45, 2.75) is 37.5 Å². The van der Waals surface area contributed by atoms with E-state index in [0.717, 1.165) is 43.8 Å². The summed E-state index contributed by atoms with van der Waals surface area (Å²) in [5.41, 5.74) is 6.67. The summed E-state index contributed by atoms with van der Waals surface area (Å²) in [7, 11) is -4.74. The van der Waals surface area contributed by atoms with Crippen LogP contribution in [0.1, 0.15) is 44.5 Å². The Labute approximate surface area is 340 Å². The zero-order valence-corrected chi connectivity index (χ0v) is 34.4. The minimum atomic E-state index is -3.96. The van der Waals surface area contributed by atoms with Gasteiger partial charge in [0.1, 0.15) is 11.5 Å². The number of aryl methyl sites for hydroxylation is 4. The summed E-state index contributed by atoms with van der Waals surface area (Å²) in [5, 5.41) is 3.08. The minimum absolute atomic E-state index is 0.131. The van der Waals surface area contributed by atoms with Gasteiger partial charge in [-0.25, -0.2) is 16.8 Å². The van der Waals surface area contributed by atoms with Gasteiger partial charge in [-0.15, -0.1) is 0 Å². The second-order valence-corrected chi connectivity index (χ2v) is 17.3. The van der Waals surface area contributed by atoms with Gasteiger partial charge in [0.25, 0.3) is 20.0 Å². The van der Waals surface area contributed by atoms with Crippen molar-refractivity contribution < 1.29 is 26.3 Å². The first-order valence-electron chi connectivity index (χ1n) is 18.3. The minimum Gasteiger partial charge on any atom is -0.497 e. The van der Waals surface area contributed by atoms with Gasteiger partial charge in [0.2, 0.25) is 0 Å². The molecule has 0 aromatic heterocycles. The lowest BCUT2D eigenvalue weighted by Crippen LogP contribution is -2.14. The fraction of sp³-hybridized carbons (Fsp3) is 0.125. The van der Waals surface area contributed by atoms with E-state index >= 15 is 0 Å². The van der Waals surface area contributed by atoms with Gasteiger partial charge in [0, 0.05) is 11.1 Å². The molecule has 7 aromatic rings. The molecule has 0 aliphatic carbocycles. The van der Waals surface area contributed by atoms with Crippen molar-refractivity contribution in [3.05, 3.63) is 166 Å². The smallest absolute Gasteiger partial charge is 0.261 e. The molecule has 0 heterocycles. The highest BCUT2D eigenvalue weighted by atomic mass is 32.2.